The maximum Gasteiger partial charge on any atom is 0.244 e. The van der Waals surface area contributed by atoms with Gasteiger partial charge in [0.2, 0.25) is 23.6 Å². The summed E-state index contributed by atoms with van der Waals surface area (Å²) in [5.41, 5.74) is 2.19. The monoisotopic (exact) mass is 476 g/mol. The van der Waals surface area contributed by atoms with Gasteiger partial charge in [0, 0.05) is 24.2 Å². The van der Waals surface area contributed by atoms with Gasteiger partial charge in [-0.2, -0.15) is 0 Å². The molecule has 11 heteroatoms. The normalized spacial score (nSPS) is 10.3. The third-order valence-corrected chi connectivity index (χ3v) is 4.70. The van der Waals surface area contributed by atoms with Gasteiger partial charge in [-0.05, 0) is 61.4 Å². The maximum absolute atomic E-state index is 13.1. The molecule has 0 radical (unpaired) electrons. The summed E-state index contributed by atoms with van der Waals surface area (Å²) < 4.78 is 26.1. The Hall–Kier alpha value is -3.86. The van der Waals surface area contributed by atoms with E-state index in [9.17, 15) is 28.0 Å². The molecule has 2 rings (SSSR count). The quantitative estimate of drug-likeness (QED) is 0.213. The number of carbonyl (C=O) groups excluding carboxylic acids is 4. The van der Waals surface area contributed by atoms with Gasteiger partial charge in [0.15, 0.2) is 0 Å². The number of hydrogen-bond donors (Lipinski definition) is 4. The third kappa shape index (κ3) is 9.74. The standard InChI is InChI=1S/C23H26F2N4O5/c24-16-6-10-18(11-7-16)26-21(31)14-29(23(33)5-3-1-2-4-20(30)28-34)15-22(32)27-19-12-8-17(25)9-13-19/h6-13,34H,1-5,14-15H2,(H,26,31)(H,27,32)(H,28,30). The molecule has 0 aliphatic carbocycles. The topological polar surface area (TPSA) is 128 Å². The molecule has 182 valence electrons. The van der Waals surface area contributed by atoms with Gasteiger partial charge < -0.3 is 15.5 Å². The van der Waals surface area contributed by atoms with E-state index in [-0.39, 0.29) is 12.8 Å². The minimum Gasteiger partial charge on any atom is -0.325 e. The largest absolute Gasteiger partial charge is 0.325 e. The minimum absolute atomic E-state index is 0.0361. The second kappa shape index (κ2) is 13.6. The minimum atomic E-state index is -0.575. The van der Waals surface area contributed by atoms with Crippen LogP contribution in [0.3, 0.4) is 0 Å². The van der Waals surface area contributed by atoms with E-state index in [1.165, 1.54) is 54.0 Å². The lowest BCUT2D eigenvalue weighted by Gasteiger charge is -2.22. The molecule has 9 nitrogen and oxygen atoms in total. The number of hydrogen-bond acceptors (Lipinski definition) is 5. The van der Waals surface area contributed by atoms with Crippen LogP contribution in [-0.2, 0) is 19.2 Å². The van der Waals surface area contributed by atoms with Crippen LogP contribution in [0.25, 0.3) is 0 Å². The van der Waals surface area contributed by atoms with Crippen LogP contribution >= 0.6 is 0 Å². The second-order valence-electron chi connectivity index (χ2n) is 7.46. The van der Waals surface area contributed by atoms with Gasteiger partial charge in [-0.1, -0.05) is 6.42 Å². The number of amides is 4. The van der Waals surface area contributed by atoms with Crippen molar-refractivity contribution in [3.63, 3.8) is 0 Å². The van der Waals surface area contributed by atoms with E-state index >= 15 is 0 Å². The molecule has 0 saturated heterocycles. The average molecular weight is 476 g/mol. The SMILES string of the molecule is O=C(CCCCCC(=O)N(CC(=O)Nc1ccc(F)cc1)CC(=O)Nc1ccc(F)cc1)NO. The Balaban J connectivity index is 1.96. The van der Waals surface area contributed by atoms with Crippen LogP contribution in [0.4, 0.5) is 20.2 Å². The molecule has 0 saturated carbocycles. The summed E-state index contributed by atoms with van der Waals surface area (Å²) in [4.78, 5) is 49.7. The lowest BCUT2D eigenvalue weighted by molar-refractivity contribution is -0.137. The molecule has 4 amide bonds. The predicted octanol–water partition coefficient (Wildman–Crippen LogP) is 2.83. The first kappa shape index (κ1) is 26.4. The zero-order valence-corrected chi connectivity index (χ0v) is 18.4. The first-order chi connectivity index (χ1) is 16.3. The van der Waals surface area contributed by atoms with Crippen LogP contribution < -0.4 is 16.1 Å². The number of benzene rings is 2. The van der Waals surface area contributed by atoms with E-state index in [0.29, 0.717) is 30.6 Å². The third-order valence-electron chi connectivity index (χ3n) is 4.70. The van der Waals surface area contributed by atoms with Gasteiger partial charge in [0.25, 0.3) is 0 Å². The Labute approximate surface area is 195 Å². The smallest absolute Gasteiger partial charge is 0.244 e. The Kier molecular flexibility index (Phi) is 10.6. The number of nitrogens with zero attached hydrogens (tertiary/aromatic N) is 1. The van der Waals surface area contributed by atoms with Gasteiger partial charge in [-0.25, -0.2) is 14.3 Å². The molecule has 0 unspecified atom stereocenters. The molecule has 34 heavy (non-hydrogen) atoms. The lowest BCUT2D eigenvalue weighted by Crippen LogP contribution is -2.42. The molecule has 0 spiro atoms. The Bertz CT molecular complexity index is 922. The second-order valence-corrected chi connectivity index (χ2v) is 7.46. The zero-order valence-electron chi connectivity index (χ0n) is 18.4. The summed E-state index contributed by atoms with van der Waals surface area (Å²) in [5, 5.41) is 13.6. The number of nitrogens with one attached hydrogen (secondary N) is 3. The highest BCUT2D eigenvalue weighted by Gasteiger charge is 2.20. The Morgan fingerprint density at radius 1 is 0.676 bits per heavy atom. The lowest BCUT2D eigenvalue weighted by atomic mass is 10.1. The van der Waals surface area contributed by atoms with Crippen LogP contribution in [0.1, 0.15) is 32.1 Å². The molecule has 0 atom stereocenters. The van der Waals surface area contributed by atoms with E-state index in [4.69, 9.17) is 5.21 Å². The molecule has 2 aromatic carbocycles. The van der Waals surface area contributed by atoms with Crippen molar-refractivity contribution in [3.8, 4) is 0 Å². The van der Waals surface area contributed by atoms with Crippen molar-refractivity contribution >= 4 is 35.0 Å². The number of halogens is 2. The van der Waals surface area contributed by atoms with Crippen molar-refractivity contribution in [2.45, 2.75) is 32.1 Å². The van der Waals surface area contributed by atoms with Crippen LogP contribution in [0.15, 0.2) is 48.5 Å². The summed E-state index contributed by atoms with van der Waals surface area (Å²) in [7, 11) is 0. The molecule has 0 aromatic heterocycles. The molecule has 0 aliphatic rings. The molecule has 4 N–H and O–H groups in total. The summed E-state index contributed by atoms with van der Waals surface area (Å²) in [6, 6.07) is 10.1. The fraction of sp³-hybridized carbons (Fsp3) is 0.304. The Morgan fingerprint density at radius 3 is 1.56 bits per heavy atom. The first-order valence-electron chi connectivity index (χ1n) is 10.6. The summed E-state index contributed by atoms with van der Waals surface area (Å²) >= 11 is 0. The van der Waals surface area contributed by atoms with Crippen LogP contribution in [-0.4, -0.2) is 46.8 Å². The molecular weight excluding hydrogens is 450 g/mol. The van der Waals surface area contributed by atoms with Crippen molar-refractivity contribution in [1.29, 1.82) is 0 Å². The summed E-state index contributed by atoms with van der Waals surface area (Å²) in [5.74, 6) is -3.06. The number of anilines is 2. The van der Waals surface area contributed by atoms with Gasteiger partial charge in [0.05, 0.1) is 0 Å². The molecule has 0 bridgehead atoms. The van der Waals surface area contributed by atoms with Crippen LogP contribution in [0, 0.1) is 11.6 Å². The molecule has 0 fully saturated rings. The number of unbranched alkanes of at least 4 members (excludes halogenated alkanes) is 2. The maximum atomic E-state index is 13.1. The zero-order chi connectivity index (χ0) is 24.9. The van der Waals surface area contributed by atoms with E-state index < -0.39 is 48.4 Å². The van der Waals surface area contributed by atoms with E-state index in [0.717, 1.165) is 4.90 Å². The van der Waals surface area contributed by atoms with E-state index in [2.05, 4.69) is 10.6 Å². The van der Waals surface area contributed by atoms with Gasteiger partial charge in [-0.3, -0.25) is 24.4 Å². The molecular formula is C23H26F2N4O5. The predicted molar refractivity (Wildman–Crippen MR) is 120 cm³/mol. The number of hydroxylamine groups is 1. The van der Waals surface area contributed by atoms with Crippen molar-refractivity contribution in [2.75, 3.05) is 23.7 Å². The fourth-order valence-corrected chi connectivity index (χ4v) is 3.00. The first-order valence-corrected chi connectivity index (χ1v) is 10.6. The Morgan fingerprint density at radius 2 is 1.12 bits per heavy atom. The molecule has 0 heterocycles. The summed E-state index contributed by atoms with van der Waals surface area (Å²) in [6.07, 6.45) is 1.53. The highest BCUT2D eigenvalue weighted by atomic mass is 19.1. The van der Waals surface area contributed by atoms with Crippen molar-refractivity contribution < 1.29 is 33.2 Å². The molecule has 2 aromatic rings. The van der Waals surface area contributed by atoms with Crippen molar-refractivity contribution in [3.05, 3.63) is 60.2 Å². The average Bonchev–Trinajstić information content (AvgIpc) is 2.81. The number of carbonyl (C=O) groups is 4. The van der Waals surface area contributed by atoms with Crippen molar-refractivity contribution in [1.82, 2.24) is 10.4 Å². The highest BCUT2D eigenvalue weighted by molar-refractivity contribution is 5.98. The van der Waals surface area contributed by atoms with E-state index in [1.807, 2.05) is 0 Å². The van der Waals surface area contributed by atoms with Gasteiger partial charge in [-0.15, -0.1) is 0 Å². The van der Waals surface area contributed by atoms with Crippen LogP contribution in [0.2, 0.25) is 0 Å². The highest BCUT2D eigenvalue weighted by Crippen LogP contribution is 2.11. The number of rotatable bonds is 12. The van der Waals surface area contributed by atoms with Crippen LogP contribution in [0.5, 0.6) is 0 Å². The molecule has 0 aliphatic heterocycles. The summed E-state index contributed by atoms with van der Waals surface area (Å²) in [6.45, 7) is -0.833. The van der Waals surface area contributed by atoms with Gasteiger partial charge >= 0.3 is 0 Å². The van der Waals surface area contributed by atoms with Crippen molar-refractivity contribution in [2.24, 2.45) is 0 Å². The van der Waals surface area contributed by atoms with E-state index in [1.54, 1.807) is 0 Å². The van der Waals surface area contributed by atoms with Gasteiger partial charge in [0.1, 0.15) is 24.7 Å². The fourth-order valence-electron chi connectivity index (χ4n) is 3.00.